The van der Waals surface area contributed by atoms with E-state index in [9.17, 15) is 4.79 Å². The van der Waals surface area contributed by atoms with E-state index < -0.39 is 0 Å². The van der Waals surface area contributed by atoms with Crippen LogP contribution in [0.4, 0.5) is 5.13 Å². The lowest BCUT2D eigenvalue weighted by Crippen LogP contribution is -2.39. The van der Waals surface area contributed by atoms with Gasteiger partial charge >= 0.3 is 0 Å². The van der Waals surface area contributed by atoms with Crippen LogP contribution in [-0.4, -0.2) is 55.2 Å². The van der Waals surface area contributed by atoms with E-state index in [0.717, 1.165) is 64.7 Å². The molecule has 0 saturated carbocycles. The van der Waals surface area contributed by atoms with E-state index in [1.54, 1.807) is 11.3 Å². The highest BCUT2D eigenvalue weighted by atomic mass is 79.9. The first-order valence-electron chi connectivity index (χ1n) is 9.85. The highest BCUT2D eigenvalue weighted by Gasteiger charge is 2.22. The number of carbonyl (C=O) groups is 1. The molecule has 2 aromatic carbocycles. The number of amides is 1. The van der Waals surface area contributed by atoms with E-state index in [1.165, 1.54) is 0 Å². The van der Waals surface area contributed by atoms with E-state index >= 15 is 0 Å². The standard InChI is InChI=1S/C22H24BrN3O2S/c1-16-4-2-5-17(14-16)21(27)26(9-3-8-25-10-12-28-13-11-25)22-24-19-7-6-18(23)15-20(19)29-22/h2,4-7,14-15H,3,8-13H2,1H3. The fourth-order valence-corrected chi connectivity index (χ4v) is 5.04. The van der Waals surface area contributed by atoms with Crippen LogP contribution in [0.3, 0.4) is 0 Å². The molecule has 5 nitrogen and oxygen atoms in total. The van der Waals surface area contributed by atoms with Crippen LogP contribution in [0, 0.1) is 6.92 Å². The topological polar surface area (TPSA) is 45.7 Å². The number of hydrogen-bond donors (Lipinski definition) is 0. The maximum Gasteiger partial charge on any atom is 0.260 e. The van der Waals surface area contributed by atoms with Crippen LogP contribution in [0.1, 0.15) is 22.3 Å². The number of anilines is 1. The van der Waals surface area contributed by atoms with Gasteiger partial charge in [0.15, 0.2) is 5.13 Å². The predicted molar refractivity (Wildman–Crippen MR) is 122 cm³/mol. The molecule has 1 amide bonds. The number of morpholine rings is 1. The molecule has 1 fully saturated rings. The molecule has 0 radical (unpaired) electrons. The molecule has 0 N–H and O–H groups in total. The Bertz CT molecular complexity index is 1000. The summed E-state index contributed by atoms with van der Waals surface area (Å²) < 4.78 is 7.52. The van der Waals surface area contributed by atoms with Gasteiger partial charge in [0.2, 0.25) is 0 Å². The first-order chi connectivity index (χ1) is 14.1. The molecule has 29 heavy (non-hydrogen) atoms. The molecule has 1 aliphatic rings. The van der Waals surface area contributed by atoms with Crippen molar-refractivity contribution in [2.45, 2.75) is 13.3 Å². The van der Waals surface area contributed by atoms with Crippen molar-refractivity contribution >= 4 is 48.5 Å². The van der Waals surface area contributed by atoms with Gasteiger partial charge in [0, 0.05) is 36.2 Å². The molecule has 7 heteroatoms. The largest absolute Gasteiger partial charge is 0.379 e. The van der Waals surface area contributed by atoms with Crippen molar-refractivity contribution in [3.05, 3.63) is 58.1 Å². The quantitative estimate of drug-likeness (QED) is 0.518. The molecule has 1 aliphatic heterocycles. The van der Waals surface area contributed by atoms with Crippen LogP contribution in [0.15, 0.2) is 46.9 Å². The lowest BCUT2D eigenvalue weighted by molar-refractivity contribution is 0.0376. The number of nitrogens with zero attached hydrogens (tertiary/aromatic N) is 3. The van der Waals surface area contributed by atoms with Gasteiger partial charge in [0.1, 0.15) is 0 Å². The van der Waals surface area contributed by atoms with Crippen LogP contribution in [-0.2, 0) is 4.74 Å². The fourth-order valence-electron chi connectivity index (χ4n) is 3.50. The van der Waals surface area contributed by atoms with Gasteiger partial charge in [0.05, 0.1) is 23.4 Å². The Morgan fingerprint density at radius 3 is 2.86 bits per heavy atom. The number of carbonyl (C=O) groups excluding carboxylic acids is 1. The Hall–Kier alpha value is -1.80. The smallest absolute Gasteiger partial charge is 0.260 e. The molecule has 0 unspecified atom stereocenters. The minimum Gasteiger partial charge on any atom is -0.379 e. The highest BCUT2D eigenvalue weighted by molar-refractivity contribution is 9.10. The fraction of sp³-hybridized carbons (Fsp3) is 0.364. The molecule has 3 aromatic rings. The Kier molecular flexibility index (Phi) is 6.60. The predicted octanol–water partition coefficient (Wildman–Crippen LogP) is 4.74. The summed E-state index contributed by atoms with van der Waals surface area (Å²) in [5, 5.41) is 0.756. The van der Waals surface area contributed by atoms with Crippen molar-refractivity contribution < 1.29 is 9.53 Å². The summed E-state index contributed by atoms with van der Waals surface area (Å²) in [5.74, 6) is 0.00815. The molecule has 0 atom stereocenters. The number of fused-ring (bicyclic) bond motifs is 1. The second-order valence-electron chi connectivity index (χ2n) is 7.24. The second-order valence-corrected chi connectivity index (χ2v) is 9.17. The van der Waals surface area contributed by atoms with Crippen LogP contribution >= 0.6 is 27.3 Å². The van der Waals surface area contributed by atoms with E-state index in [2.05, 4.69) is 26.9 Å². The SMILES string of the molecule is Cc1cccc(C(=O)N(CCCN2CCOCC2)c2nc3ccc(Br)cc3s2)c1. The van der Waals surface area contributed by atoms with Gasteiger partial charge in [-0.2, -0.15) is 0 Å². The maximum absolute atomic E-state index is 13.4. The van der Waals surface area contributed by atoms with E-state index in [1.807, 2.05) is 48.2 Å². The number of rotatable bonds is 6. The molecular weight excluding hydrogens is 450 g/mol. The van der Waals surface area contributed by atoms with Crippen molar-refractivity contribution in [1.82, 2.24) is 9.88 Å². The number of aryl methyl sites for hydroxylation is 1. The van der Waals surface area contributed by atoms with Gasteiger partial charge in [-0.3, -0.25) is 14.6 Å². The van der Waals surface area contributed by atoms with E-state index in [4.69, 9.17) is 9.72 Å². The summed E-state index contributed by atoms with van der Waals surface area (Å²) >= 11 is 5.08. The molecule has 0 spiro atoms. The average Bonchev–Trinajstić information content (AvgIpc) is 3.14. The first-order valence-corrected chi connectivity index (χ1v) is 11.5. The number of ether oxygens (including phenoxy) is 1. The van der Waals surface area contributed by atoms with Crippen LogP contribution in [0.5, 0.6) is 0 Å². The Morgan fingerprint density at radius 1 is 1.24 bits per heavy atom. The molecule has 2 heterocycles. The third-order valence-electron chi connectivity index (χ3n) is 5.04. The lowest BCUT2D eigenvalue weighted by Gasteiger charge is -2.27. The molecule has 1 aromatic heterocycles. The Labute approximate surface area is 183 Å². The summed E-state index contributed by atoms with van der Waals surface area (Å²) in [4.78, 5) is 22.4. The molecule has 152 valence electrons. The van der Waals surface area contributed by atoms with Crippen molar-refractivity contribution in [3.8, 4) is 0 Å². The van der Waals surface area contributed by atoms with Crippen LogP contribution < -0.4 is 4.90 Å². The van der Waals surface area contributed by atoms with E-state index in [-0.39, 0.29) is 5.91 Å². The molecular formula is C22H24BrN3O2S. The Morgan fingerprint density at radius 2 is 2.07 bits per heavy atom. The van der Waals surface area contributed by atoms with Crippen molar-refractivity contribution in [3.63, 3.8) is 0 Å². The monoisotopic (exact) mass is 473 g/mol. The summed E-state index contributed by atoms with van der Waals surface area (Å²) in [7, 11) is 0. The zero-order chi connectivity index (χ0) is 20.2. The summed E-state index contributed by atoms with van der Waals surface area (Å²) in [6.45, 7) is 7.11. The second kappa shape index (κ2) is 9.34. The van der Waals surface area contributed by atoms with Crippen LogP contribution in [0.2, 0.25) is 0 Å². The average molecular weight is 474 g/mol. The lowest BCUT2D eigenvalue weighted by atomic mass is 10.1. The number of benzene rings is 2. The van der Waals surface area contributed by atoms with Gasteiger partial charge in [-0.05, 0) is 43.7 Å². The zero-order valence-corrected chi connectivity index (χ0v) is 18.8. The highest BCUT2D eigenvalue weighted by Crippen LogP contribution is 2.32. The van der Waals surface area contributed by atoms with Crippen LogP contribution in [0.25, 0.3) is 10.2 Å². The molecule has 0 aliphatic carbocycles. The first kappa shape index (κ1) is 20.5. The molecule has 1 saturated heterocycles. The maximum atomic E-state index is 13.4. The summed E-state index contributed by atoms with van der Waals surface area (Å²) in [6.07, 6.45) is 0.900. The minimum absolute atomic E-state index is 0.00815. The summed E-state index contributed by atoms with van der Waals surface area (Å²) in [5.41, 5.74) is 2.71. The number of halogens is 1. The molecule has 4 rings (SSSR count). The third kappa shape index (κ3) is 5.04. The number of hydrogen-bond acceptors (Lipinski definition) is 5. The summed E-state index contributed by atoms with van der Waals surface area (Å²) in [6, 6.07) is 13.8. The number of aromatic nitrogens is 1. The number of thiazole rings is 1. The van der Waals surface area contributed by atoms with Gasteiger partial charge in [0.25, 0.3) is 5.91 Å². The minimum atomic E-state index is 0.00815. The van der Waals surface area contributed by atoms with Crippen molar-refractivity contribution in [2.24, 2.45) is 0 Å². The van der Waals surface area contributed by atoms with Gasteiger partial charge in [-0.1, -0.05) is 45.0 Å². The normalized spacial score (nSPS) is 15.0. The van der Waals surface area contributed by atoms with Gasteiger partial charge < -0.3 is 4.74 Å². The van der Waals surface area contributed by atoms with E-state index in [0.29, 0.717) is 12.1 Å². The zero-order valence-electron chi connectivity index (χ0n) is 16.4. The van der Waals surface area contributed by atoms with Crippen molar-refractivity contribution in [1.29, 1.82) is 0 Å². The third-order valence-corrected chi connectivity index (χ3v) is 6.57. The Balaban J connectivity index is 1.57. The van der Waals surface area contributed by atoms with Gasteiger partial charge in [-0.15, -0.1) is 0 Å². The van der Waals surface area contributed by atoms with Crippen molar-refractivity contribution in [2.75, 3.05) is 44.3 Å². The van der Waals surface area contributed by atoms with Gasteiger partial charge in [-0.25, -0.2) is 4.98 Å². The molecule has 0 bridgehead atoms.